The number of hydrogen-bond donors (Lipinski definition) is 1. The van der Waals surface area contributed by atoms with E-state index in [1.165, 1.54) is 6.92 Å². The molecule has 1 fully saturated rings. The van der Waals surface area contributed by atoms with Crippen LogP contribution in [0, 0.1) is 5.92 Å². The van der Waals surface area contributed by atoms with Crippen LogP contribution in [0.5, 0.6) is 5.75 Å². The second kappa shape index (κ2) is 7.74. The van der Waals surface area contributed by atoms with Crippen molar-refractivity contribution in [2.24, 2.45) is 5.92 Å². The molecular formula is C18H20N4O3. The first-order chi connectivity index (χ1) is 12.1. The summed E-state index contributed by atoms with van der Waals surface area (Å²) in [6.07, 6.45) is 6.67. The van der Waals surface area contributed by atoms with Crippen molar-refractivity contribution in [2.75, 3.05) is 23.3 Å². The Morgan fingerprint density at radius 3 is 2.72 bits per heavy atom. The number of rotatable bonds is 4. The van der Waals surface area contributed by atoms with Crippen molar-refractivity contribution < 1.29 is 14.3 Å². The van der Waals surface area contributed by atoms with E-state index in [0.717, 1.165) is 25.2 Å². The number of esters is 1. The summed E-state index contributed by atoms with van der Waals surface area (Å²) in [7, 11) is 0. The van der Waals surface area contributed by atoms with Gasteiger partial charge in [0.25, 0.3) is 0 Å². The molecule has 0 radical (unpaired) electrons. The maximum absolute atomic E-state index is 12.5. The number of ether oxygens (including phenoxy) is 1. The van der Waals surface area contributed by atoms with Crippen molar-refractivity contribution in [1.82, 2.24) is 9.97 Å². The number of benzene rings is 1. The highest BCUT2D eigenvalue weighted by atomic mass is 16.5. The number of piperidine rings is 1. The Kier molecular flexibility index (Phi) is 5.23. The molecule has 0 aliphatic carbocycles. The fraction of sp³-hybridized carbons (Fsp3) is 0.333. The minimum Gasteiger partial charge on any atom is -0.426 e. The van der Waals surface area contributed by atoms with E-state index in [0.29, 0.717) is 18.0 Å². The average Bonchev–Trinajstić information content (AvgIpc) is 2.64. The van der Waals surface area contributed by atoms with Crippen LogP contribution in [-0.4, -0.2) is 34.9 Å². The van der Waals surface area contributed by atoms with Gasteiger partial charge < -0.3 is 15.0 Å². The molecule has 0 saturated carbocycles. The number of nitrogens with zero attached hydrogens (tertiary/aromatic N) is 3. The van der Waals surface area contributed by atoms with Gasteiger partial charge in [-0.05, 0) is 37.1 Å². The molecule has 1 N–H and O–H groups in total. The van der Waals surface area contributed by atoms with Crippen molar-refractivity contribution >= 4 is 23.4 Å². The summed E-state index contributed by atoms with van der Waals surface area (Å²) in [5.74, 6) is 0.651. The third kappa shape index (κ3) is 4.53. The lowest BCUT2D eigenvalue weighted by Gasteiger charge is -2.32. The van der Waals surface area contributed by atoms with Gasteiger partial charge in [0.15, 0.2) is 0 Å². The predicted molar refractivity (Wildman–Crippen MR) is 93.3 cm³/mol. The molecule has 1 aromatic carbocycles. The molecular weight excluding hydrogens is 320 g/mol. The smallest absolute Gasteiger partial charge is 0.316 e. The number of amides is 1. The van der Waals surface area contributed by atoms with E-state index in [-0.39, 0.29) is 17.8 Å². The summed E-state index contributed by atoms with van der Waals surface area (Å²) in [6, 6.07) is 6.76. The molecule has 0 unspecified atom stereocenters. The average molecular weight is 340 g/mol. The van der Waals surface area contributed by atoms with E-state index in [1.807, 2.05) is 0 Å². The highest BCUT2D eigenvalue weighted by Gasteiger charge is 2.28. The molecule has 3 rings (SSSR count). The van der Waals surface area contributed by atoms with Crippen LogP contribution in [-0.2, 0) is 9.59 Å². The fourth-order valence-electron chi connectivity index (χ4n) is 2.84. The van der Waals surface area contributed by atoms with Crippen LogP contribution in [0.15, 0.2) is 42.9 Å². The lowest BCUT2D eigenvalue weighted by Crippen LogP contribution is -2.40. The standard InChI is InChI=1S/C18H20N4O3/c1-13(23)21-15-4-6-16(7-5-15)25-18(24)14-3-2-10-22(12-14)17-11-19-8-9-20-17/h4-9,11,14H,2-3,10,12H2,1H3,(H,21,23)/t14-/m0/s1. The second-order valence-corrected chi connectivity index (χ2v) is 5.98. The molecule has 1 amide bonds. The Bertz CT molecular complexity index is 734. The van der Waals surface area contributed by atoms with Crippen LogP contribution in [0.25, 0.3) is 0 Å². The van der Waals surface area contributed by atoms with E-state index in [1.54, 1.807) is 42.9 Å². The molecule has 2 aromatic rings. The minimum absolute atomic E-state index is 0.143. The number of aromatic nitrogens is 2. The quantitative estimate of drug-likeness (QED) is 0.679. The highest BCUT2D eigenvalue weighted by molar-refractivity contribution is 5.88. The van der Waals surface area contributed by atoms with Gasteiger partial charge >= 0.3 is 5.97 Å². The lowest BCUT2D eigenvalue weighted by atomic mass is 9.98. The number of anilines is 2. The molecule has 1 aliphatic rings. The second-order valence-electron chi connectivity index (χ2n) is 5.98. The van der Waals surface area contributed by atoms with Crippen LogP contribution < -0.4 is 15.0 Å². The number of carbonyl (C=O) groups excluding carboxylic acids is 2. The first kappa shape index (κ1) is 16.9. The van der Waals surface area contributed by atoms with Crippen LogP contribution in [0.3, 0.4) is 0 Å². The third-order valence-corrected chi connectivity index (χ3v) is 4.02. The maximum Gasteiger partial charge on any atom is 0.316 e. The van der Waals surface area contributed by atoms with E-state index in [4.69, 9.17) is 4.74 Å². The van der Waals surface area contributed by atoms with Crippen LogP contribution in [0.4, 0.5) is 11.5 Å². The van der Waals surface area contributed by atoms with Crippen molar-refractivity contribution in [3.63, 3.8) is 0 Å². The van der Waals surface area contributed by atoms with Crippen molar-refractivity contribution in [3.05, 3.63) is 42.9 Å². The van der Waals surface area contributed by atoms with Crippen LogP contribution >= 0.6 is 0 Å². The molecule has 130 valence electrons. The number of carbonyl (C=O) groups is 2. The van der Waals surface area contributed by atoms with Crippen molar-refractivity contribution in [1.29, 1.82) is 0 Å². The minimum atomic E-state index is -0.249. The van der Waals surface area contributed by atoms with Gasteiger partial charge in [0.2, 0.25) is 5.91 Å². The molecule has 1 aliphatic heterocycles. The summed E-state index contributed by atoms with van der Waals surface area (Å²) in [6.45, 7) is 2.87. The van der Waals surface area contributed by atoms with Gasteiger partial charge in [0.1, 0.15) is 11.6 Å². The van der Waals surface area contributed by atoms with Gasteiger partial charge in [0, 0.05) is 38.1 Å². The van der Waals surface area contributed by atoms with Gasteiger partial charge in [0.05, 0.1) is 12.1 Å². The van der Waals surface area contributed by atoms with E-state index in [9.17, 15) is 9.59 Å². The molecule has 1 aromatic heterocycles. The fourth-order valence-corrected chi connectivity index (χ4v) is 2.84. The maximum atomic E-state index is 12.5. The SMILES string of the molecule is CC(=O)Nc1ccc(OC(=O)[C@H]2CCCN(c3cnccn3)C2)cc1. The Morgan fingerprint density at radius 1 is 1.24 bits per heavy atom. The highest BCUT2D eigenvalue weighted by Crippen LogP contribution is 2.23. The zero-order valence-corrected chi connectivity index (χ0v) is 14.0. The summed E-state index contributed by atoms with van der Waals surface area (Å²) in [5, 5.41) is 2.67. The van der Waals surface area contributed by atoms with Gasteiger partial charge in [-0.2, -0.15) is 0 Å². The van der Waals surface area contributed by atoms with E-state index in [2.05, 4.69) is 20.2 Å². The van der Waals surface area contributed by atoms with Crippen LogP contribution in [0.1, 0.15) is 19.8 Å². The van der Waals surface area contributed by atoms with E-state index < -0.39 is 0 Å². The number of hydrogen-bond acceptors (Lipinski definition) is 6. The molecule has 2 heterocycles. The summed E-state index contributed by atoms with van der Waals surface area (Å²) < 4.78 is 5.48. The molecule has 1 atom stereocenters. The van der Waals surface area contributed by atoms with Crippen molar-refractivity contribution in [3.8, 4) is 5.75 Å². The number of nitrogens with one attached hydrogen (secondary N) is 1. The Morgan fingerprint density at radius 2 is 2.04 bits per heavy atom. The molecule has 1 saturated heterocycles. The topological polar surface area (TPSA) is 84.4 Å². The van der Waals surface area contributed by atoms with Gasteiger partial charge in [-0.25, -0.2) is 4.98 Å². The molecule has 7 heteroatoms. The first-order valence-corrected chi connectivity index (χ1v) is 8.22. The van der Waals surface area contributed by atoms with Gasteiger partial charge in [-0.15, -0.1) is 0 Å². The van der Waals surface area contributed by atoms with Gasteiger partial charge in [-0.3, -0.25) is 14.6 Å². The third-order valence-electron chi connectivity index (χ3n) is 4.02. The first-order valence-electron chi connectivity index (χ1n) is 8.22. The van der Waals surface area contributed by atoms with E-state index >= 15 is 0 Å². The van der Waals surface area contributed by atoms with Crippen LogP contribution in [0.2, 0.25) is 0 Å². The van der Waals surface area contributed by atoms with Crippen molar-refractivity contribution in [2.45, 2.75) is 19.8 Å². The summed E-state index contributed by atoms with van der Waals surface area (Å²) in [4.78, 5) is 33.9. The van der Waals surface area contributed by atoms with Gasteiger partial charge in [-0.1, -0.05) is 0 Å². The molecule has 0 spiro atoms. The summed E-state index contributed by atoms with van der Waals surface area (Å²) >= 11 is 0. The molecule has 7 nitrogen and oxygen atoms in total. The Hall–Kier alpha value is -2.96. The lowest BCUT2D eigenvalue weighted by molar-refractivity contribution is -0.139. The Balaban J connectivity index is 1.60. The monoisotopic (exact) mass is 340 g/mol. The zero-order chi connectivity index (χ0) is 17.6. The normalized spacial score (nSPS) is 17.0. The summed E-state index contributed by atoms with van der Waals surface area (Å²) in [5.41, 5.74) is 0.666. The predicted octanol–water partition coefficient (Wildman–Crippen LogP) is 2.26. The largest absolute Gasteiger partial charge is 0.426 e. The zero-order valence-electron chi connectivity index (χ0n) is 14.0. The Labute approximate surface area is 146 Å². The molecule has 25 heavy (non-hydrogen) atoms. The molecule has 0 bridgehead atoms.